The van der Waals surface area contributed by atoms with Crippen LogP contribution in [0.2, 0.25) is 0 Å². The van der Waals surface area contributed by atoms with Gasteiger partial charge in [-0.25, -0.2) is 4.98 Å². The van der Waals surface area contributed by atoms with Crippen LogP contribution in [0, 0.1) is 0 Å². The van der Waals surface area contributed by atoms with Crippen molar-refractivity contribution < 1.29 is 0 Å². The van der Waals surface area contributed by atoms with Crippen LogP contribution in [-0.4, -0.2) is 21.3 Å². The Hall–Kier alpha value is -0.720. The molecule has 6 heteroatoms. The fraction of sp³-hybridized carbons (Fsp3) is 0.500. The summed E-state index contributed by atoms with van der Waals surface area (Å²) < 4.78 is 3.12. The average molecular weight is 329 g/mol. The molecule has 98 valence electrons. The van der Waals surface area contributed by atoms with Gasteiger partial charge in [0.25, 0.3) is 0 Å². The van der Waals surface area contributed by atoms with Gasteiger partial charge in [-0.3, -0.25) is 4.68 Å². The smallest absolute Gasteiger partial charge is 0.138 e. The molecule has 1 N–H and O–H groups in total. The molecule has 0 spiro atoms. The molecule has 0 bridgehead atoms. The lowest BCUT2D eigenvalue weighted by atomic mass is 10.1. The van der Waals surface area contributed by atoms with E-state index in [-0.39, 0.29) is 0 Å². The van der Waals surface area contributed by atoms with Crippen molar-refractivity contribution in [1.29, 1.82) is 0 Å². The van der Waals surface area contributed by atoms with Gasteiger partial charge >= 0.3 is 0 Å². The highest BCUT2D eigenvalue weighted by molar-refractivity contribution is 9.11. The molecule has 1 atom stereocenters. The molecule has 0 aliphatic carbocycles. The Labute approximate surface area is 120 Å². The van der Waals surface area contributed by atoms with E-state index < -0.39 is 0 Å². The third-order valence-corrected chi connectivity index (χ3v) is 4.51. The molecule has 2 aromatic heterocycles. The Bertz CT molecular complexity index is 494. The zero-order chi connectivity index (χ0) is 13.0. The van der Waals surface area contributed by atoms with Crippen LogP contribution in [0.15, 0.2) is 22.2 Å². The van der Waals surface area contributed by atoms with Crippen LogP contribution in [0.5, 0.6) is 0 Å². The highest BCUT2D eigenvalue weighted by Crippen LogP contribution is 2.28. The molecule has 1 unspecified atom stereocenters. The summed E-state index contributed by atoms with van der Waals surface area (Å²) >= 11 is 5.28. The predicted octanol–water partition coefficient (Wildman–Crippen LogP) is 3.02. The fourth-order valence-electron chi connectivity index (χ4n) is 1.93. The van der Waals surface area contributed by atoms with Crippen LogP contribution in [0.25, 0.3) is 0 Å². The first-order valence-electron chi connectivity index (χ1n) is 6.09. The Balaban J connectivity index is 2.16. The average Bonchev–Trinajstić information content (AvgIpc) is 2.97. The van der Waals surface area contributed by atoms with Crippen molar-refractivity contribution in [2.75, 3.05) is 6.54 Å². The third kappa shape index (κ3) is 3.18. The number of thiophene rings is 1. The molecule has 0 aliphatic rings. The molecule has 0 saturated heterocycles. The van der Waals surface area contributed by atoms with E-state index >= 15 is 0 Å². The molecule has 0 radical (unpaired) electrons. The van der Waals surface area contributed by atoms with Crippen LogP contribution in [-0.2, 0) is 13.0 Å². The minimum absolute atomic E-state index is 0.306. The zero-order valence-electron chi connectivity index (χ0n) is 10.6. The number of aromatic nitrogens is 3. The summed E-state index contributed by atoms with van der Waals surface area (Å²) in [7, 11) is 0. The summed E-state index contributed by atoms with van der Waals surface area (Å²) in [4.78, 5) is 5.67. The first-order chi connectivity index (χ1) is 8.74. The van der Waals surface area contributed by atoms with Crippen LogP contribution < -0.4 is 5.32 Å². The monoisotopic (exact) mass is 328 g/mol. The van der Waals surface area contributed by atoms with Gasteiger partial charge in [0, 0.05) is 23.9 Å². The van der Waals surface area contributed by atoms with Crippen molar-refractivity contribution in [2.45, 2.75) is 32.9 Å². The summed E-state index contributed by atoms with van der Waals surface area (Å²) in [5.41, 5.74) is 0. The van der Waals surface area contributed by atoms with Crippen molar-refractivity contribution in [3.05, 3.63) is 32.9 Å². The first-order valence-corrected chi connectivity index (χ1v) is 7.70. The minimum Gasteiger partial charge on any atom is -0.309 e. The fourth-order valence-corrected chi connectivity index (χ4v) is 3.43. The number of rotatable bonds is 6. The summed E-state index contributed by atoms with van der Waals surface area (Å²) in [6, 6.07) is 4.56. The maximum absolute atomic E-state index is 4.35. The largest absolute Gasteiger partial charge is 0.309 e. The normalized spacial score (nSPS) is 12.8. The zero-order valence-corrected chi connectivity index (χ0v) is 13.0. The molecule has 0 aliphatic heterocycles. The van der Waals surface area contributed by atoms with Crippen molar-refractivity contribution in [3.63, 3.8) is 0 Å². The molecule has 2 rings (SSSR count). The van der Waals surface area contributed by atoms with Crippen LogP contribution >= 0.6 is 27.3 Å². The van der Waals surface area contributed by atoms with E-state index in [2.05, 4.69) is 57.3 Å². The van der Waals surface area contributed by atoms with E-state index in [0.29, 0.717) is 6.04 Å². The lowest BCUT2D eigenvalue weighted by Gasteiger charge is -2.16. The Morgan fingerprint density at radius 2 is 2.28 bits per heavy atom. The lowest BCUT2D eigenvalue weighted by molar-refractivity contribution is 0.515. The van der Waals surface area contributed by atoms with Gasteiger partial charge in [-0.2, -0.15) is 5.10 Å². The first kappa shape index (κ1) is 13.7. The van der Waals surface area contributed by atoms with E-state index in [1.54, 1.807) is 17.7 Å². The second kappa shape index (κ2) is 6.45. The number of nitrogens with zero attached hydrogens (tertiary/aromatic N) is 3. The Morgan fingerprint density at radius 1 is 1.44 bits per heavy atom. The summed E-state index contributed by atoms with van der Waals surface area (Å²) in [6.07, 6.45) is 2.50. The Kier molecular flexibility index (Phi) is 4.91. The number of nitrogens with one attached hydrogen (secondary N) is 1. The van der Waals surface area contributed by atoms with Crippen molar-refractivity contribution >= 4 is 27.3 Å². The molecule has 0 saturated carbocycles. The standard InChI is InChI=1S/C12H17BrN4S/c1-3-14-9(10-5-6-11(13)18-10)7-12-15-8-16-17(12)4-2/h5-6,8-9,14H,3-4,7H2,1-2H3. The lowest BCUT2D eigenvalue weighted by Crippen LogP contribution is -2.23. The SMILES string of the molecule is CCNC(Cc1ncnn1CC)c1ccc(Br)s1. The molecular weight excluding hydrogens is 312 g/mol. The number of halogens is 1. The van der Waals surface area contributed by atoms with Crippen LogP contribution in [0.1, 0.15) is 30.6 Å². The predicted molar refractivity (Wildman–Crippen MR) is 77.8 cm³/mol. The molecule has 4 nitrogen and oxygen atoms in total. The van der Waals surface area contributed by atoms with Crippen molar-refractivity contribution in [3.8, 4) is 0 Å². The molecule has 0 fully saturated rings. The van der Waals surface area contributed by atoms with Gasteiger partial charge in [0.05, 0.1) is 3.79 Å². The maximum atomic E-state index is 4.35. The second-order valence-electron chi connectivity index (χ2n) is 3.95. The number of aryl methyl sites for hydroxylation is 1. The Morgan fingerprint density at radius 3 is 2.89 bits per heavy atom. The number of hydrogen-bond acceptors (Lipinski definition) is 4. The van der Waals surface area contributed by atoms with Gasteiger partial charge < -0.3 is 5.32 Å². The molecule has 2 aromatic rings. The molecule has 2 heterocycles. The van der Waals surface area contributed by atoms with Gasteiger partial charge in [0.2, 0.25) is 0 Å². The third-order valence-electron chi connectivity index (χ3n) is 2.77. The van der Waals surface area contributed by atoms with Crippen LogP contribution in [0.3, 0.4) is 0 Å². The summed E-state index contributed by atoms with van der Waals surface area (Å²) in [6.45, 7) is 6.02. The highest BCUT2D eigenvalue weighted by atomic mass is 79.9. The maximum Gasteiger partial charge on any atom is 0.138 e. The van der Waals surface area contributed by atoms with Crippen molar-refractivity contribution in [2.24, 2.45) is 0 Å². The van der Waals surface area contributed by atoms with E-state index in [1.807, 2.05) is 4.68 Å². The van der Waals surface area contributed by atoms with Gasteiger partial charge in [0.15, 0.2) is 0 Å². The van der Waals surface area contributed by atoms with Gasteiger partial charge in [-0.05, 0) is 41.5 Å². The summed E-state index contributed by atoms with van der Waals surface area (Å²) in [5, 5.41) is 7.73. The number of hydrogen-bond donors (Lipinski definition) is 1. The van der Waals surface area contributed by atoms with E-state index in [0.717, 1.165) is 29.1 Å². The second-order valence-corrected chi connectivity index (χ2v) is 6.44. The molecular formula is C12H17BrN4S. The van der Waals surface area contributed by atoms with Gasteiger partial charge in [0.1, 0.15) is 12.2 Å². The summed E-state index contributed by atoms with van der Waals surface area (Å²) in [5.74, 6) is 1.04. The van der Waals surface area contributed by atoms with E-state index in [1.165, 1.54) is 4.88 Å². The quantitative estimate of drug-likeness (QED) is 0.886. The van der Waals surface area contributed by atoms with E-state index in [4.69, 9.17) is 0 Å². The van der Waals surface area contributed by atoms with Crippen molar-refractivity contribution in [1.82, 2.24) is 20.1 Å². The number of likely N-dealkylation sites (N-methyl/N-ethyl adjacent to an activating group) is 1. The molecule has 0 aromatic carbocycles. The molecule has 18 heavy (non-hydrogen) atoms. The minimum atomic E-state index is 0.306. The van der Waals surface area contributed by atoms with E-state index in [9.17, 15) is 0 Å². The van der Waals surface area contributed by atoms with Crippen LogP contribution in [0.4, 0.5) is 0 Å². The van der Waals surface area contributed by atoms with Gasteiger partial charge in [-0.1, -0.05) is 6.92 Å². The topological polar surface area (TPSA) is 42.7 Å². The highest BCUT2D eigenvalue weighted by Gasteiger charge is 2.16. The van der Waals surface area contributed by atoms with Gasteiger partial charge in [-0.15, -0.1) is 11.3 Å². The molecule has 0 amide bonds.